The Bertz CT molecular complexity index is 292. The number of aromatic hydroxyl groups is 1. The van der Waals surface area contributed by atoms with Crippen LogP contribution in [0.1, 0.15) is 0 Å². The van der Waals surface area contributed by atoms with E-state index in [0.29, 0.717) is 12.4 Å². The summed E-state index contributed by atoms with van der Waals surface area (Å²) in [6.45, 7) is 0. The van der Waals surface area contributed by atoms with Crippen molar-refractivity contribution >= 4 is 0 Å². The topological polar surface area (TPSA) is 42.4 Å². The van der Waals surface area contributed by atoms with E-state index in [0.717, 1.165) is 0 Å². The van der Waals surface area contributed by atoms with E-state index < -0.39 is 23.7 Å². The third-order valence-corrected chi connectivity index (χ3v) is 1.05. The van der Waals surface area contributed by atoms with E-state index in [1.165, 1.54) is 0 Å². The number of ether oxygens (including phenoxy) is 1. The van der Waals surface area contributed by atoms with Crippen LogP contribution in [0.4, 0.5) is 17.6 Å². The molecule has 1 rings (SSSR count). The molecule has 0 saturated heterocycles. The monoisotopic (exact) mass is 197 g/mol. The standard InChI is InChI=1S/C6H3F4NO2/c7-3-1-11-2-4(12)5(3)13-6(8,9)10/h1-2,12H. The zero-order valence-electron chi connectivity index (χ0n) is 5.97. The molecule has 1 heterocycles. The first-order valence-electron chi connectivity index (χ1n) is 2.98. The van der Waals surface area contributed by atoms with Gasteiger partial charge in [0.05, 0.1) is 12.4 Å². The van der Waals surface area contributed by atoms with Gasteiger partial charge < -0.3 is 9.84 Å². The van der Waals surface area contributed by atoms with Gasteiger partial charge in [-0.1, -0.05) is 0 Å². The highest BCUT2D eigenvalue weighted by Gasteiger charge is 2.33. The summed E-state index contributed by atoms with van der Waals surface area (Å²) in [6, 6.07) is 0. The predicted octanol–water partition coefficient (Wildman–Crippen LogP) is 1.82. The van der Waals surface area contributed by atoms with Gasteiger partial charge >= 0.3 is 6.36 Å². The molecule has 1 aromatic heterocycles. The van der Waals surface area contributed by atoms with E-state index in [1.807, 2.05) is 0 Å². The first-order valence-corrected chi connectivity index (χ1v) is 2.98. The lowest BCUT2D eigenvalue weighted by molar-refractivity contribution is -0.276. The molecule has 0 amide bonds. The third kappa shape index (κ3) is 2.46. The van der Waals surface area contributed by atoms with E-state index in [2.05, 4.69) is 9.72 Å². The minimum Gasteiger partial charge on any atom is -0.503 e. The average Bonchev–Trinajstić information content (AvgIpc) is 1.95. The molecule has 0 aliphatic rings. The van der Waals surface area contributed by atoms with E-state index in [4.69, 9.17) is 5.11 Å². The summed E-state index contributed by atoms with van der Waals surface area (Å²) >= 11 is 0. The fourth-order valence-corrected chi connectivity index (χ4v) is 0.630. The number of rotatable bonds is 1. The normalized spacial score (nSPS) is 11.4. The van der Waals surface area contributed by atoms with Gasteiger partial charge in [-0.3, -0.25) is 4.98 Å². The van der Waals surface area contributed by atoms with Crippen LogP contribution >= 0.6 is 0 Å². The Balaban J connectivity index is 3.00. The van der Waals surface area contributed by atoms with Crippen LogP contribution in [-0.4, -0.2) is 16.5 Å². The SMILES string of the molecule is Oc1cncc(F)c1OC(F)(F)F. The molecule has 0 spiro atoms. The molecule has 72 valence electrons. The number of alkyl halides is 3. The number of pyridine rings is 1. The maximum absolute atomic E-state index is 12.5. The summed E-state index contributed by atoms with van der Waals surface area (Å²) in [5.41, 5.74) is 0. The van der Waals surface area contributed by atoms with Crippen molar-refractivity contribution in [2.24, 2.45) is 0 Å². The molecular formula is C6H3F4NO2. The summed E-state index contributed by atoms with van der Waals surface area (Å²) in [5, 5.41) is 8.73. The maximum atomic E-state index is 12.5. The Morgan fingerprint density at radius 2 is 1.92 bits per heavy atom. The van der Waals surface area contributed by atoms with Crippen LogP contribution in [0.2, 0.25) is 0 Å². The fourth-order valence-electron chi connectivity index (χ4n) is 0.630. The summed E-state index contributed by atoms with van der Waals surface area (Å²) in [7, 11) is 0. The zero-order valence-corrected chi connectivity index (χ0v) is 5.97. The van der Waals surface area contributed by atoms with Crippen LogP contribution in [0.15, 0.2) is 12.4 Å². The molecular weight excluding hydrogens is 194 g/mol. The Hall–Kier alpha value is -1.53. The van der Waals surface area contributed by atoms with Crippen molar-refractivity contribution in [2.45, 2.75) is 6.36 Å². The van der Waals surface area contributed by atoms with Crippen molar-refractivity contribution in [3.8, 4) is 11.5 Å². The lowest BCUT2D eigenvalue weighted by Crippen LogP contribution is -2.18. The quantitative estimate of drug-likeness (QED) is 0.698. The van der Waals surface area contributed by atoms with Gasteiger partial charge in [0, 0.05) is 0 Å². The predicted molar refractivity (Wildman–Crippen MR) is 32.5 cm³/mol. The highest BCUT2D eigenvalue weighted by atomic mass is 19.4. The Morgan fingerprint density at radius 1 is 1.31 bits per heavy atom. The molecule has 0 aliphatic heterocycles. The van der Waals surface area contributed by atoms with Gasteiger partial charge in [0.25, 0.3) is 0 Å². The molecule has 3 nitrogen and oxygen atoms in total. The average molecular weight is 197 g/mol. The molecule has 0 aromatic carbocycles. The summed E-state index contributed by atoms with van der Waals surface area (Å²) in [4.78, 5) is 3.10. The zero-order chi connectivity index (χ0) is 10.1. The molecule has 0 unspecified atom stereocenters. The molecule has 1 aromatic rings. The minimum absolute atomic E-state index is 0.501. The number of aromatic nitrogens is 1. The van der Waals surface area contributed by atoms with Crippen molar-refractivity contribution in [3.05, 3.63) is 18.2 Å². The summed E-state index contributed by atoms with van der Waals surface area (Å²) < 4.78 is 50.5. The molecule has 0 aliphatic carbocycles. The van der Waals surface area contributed by atoms with Crippen LogP contribution in [0, 0.1) is 5.82 Å². The van der Waals surface area contributed by atoms with Crippen LogP contribution in [-0.2, 0) is 0 Å². The van der Waals surface area contributed by atoms with Gasteiger partial charge in [-0.05, 0) is 0 Å². The lowest BCUT2D eigenvalue weighted by atomic mass is 10.4. The van der Waals surface area contributed by atoms with Crippen molar-refractivity contribution in [1.82, 2.24) is 4.98 Å². The Kier molecular flexibility index (Phi) is 2.26. The second-order valence-corrected chi connectivity index (χ2v) is 2.02. The smallest absolute Gasteiger partial charge is 0.503 e. The van der Waals surface area contributed by atoms with Crippen molar-refractivity contribution in [2.75, 3.05) is 0 Å². The van der Waals surface area contributed by atoms with Gasteiger partial charge in [-0.15, -0.1) is 13.2 Å². The second kappa shape index (κ2) is 3.08. The Labute approximate surface area is 69.6 Å². The van der Waals surface area contributed by atoms with Crippen molar-refractivity contribution in [3.63, 3.8) is 0 Å². The van der Waals surface area contributed by atoms with Gasteiger partial charge in [-0.25, -0.2) is 4.39 Å². The number of hydrogen-bond acceptors (Lipinski definition) is 3. The highest BCUT2D eigenvalue weighted by Crippen LogP contribution is 2.32. The number of hydrogen-bond donors (Lipinski definition) is 1. The van der Waals surface area contributed by atoms with Crippen LogP contribution < -0.4 is 4.74 Å². The van der Waals surface area contributed by atoms with Crippen molar-refractivity contribution in [1.29, 1.82) is 0 Å². The van der Waals surface area contributed by atoms with Gasteiger partial charge in [0.15, 0.2) is 11.6 Å². The Morgan fingerprint density at radius 3 is 2.38 bits per heavy atom. The van der Waals surface area contributed by atoms with E-state index in [1.54, 1.807) is 0 Å². The molecule has 1 N–H and O–H groups in total. The van der Waals surface area contributed by atoms with Gasteiger partial charge in [0.1, 0.15) is 0 Å². The molecule has 0 radical (unpaired) electrons. The van der Waals surface area contributed by atoms with Crippen molar-refractivity contribution < 1.29 is 27.4 Å². The lowest BCUT2D eigenvalue weighted by Gasteiger charge is -2.09. The minimum atomic E-state index is -5.04. The molecule has 0 atom stereocenters. The largest absolute Gasteiger partial charge is 0.573 e. The molecule has 0 fully saturated rings. The van der Waals surface area contributed by atoms with E-state index >= 15 is 0 Å². The molecule has 0 bridgehead atoms. The number of halogens is 4. The fraction of sp³-hybridized carbons (Fsp3) is 0.167. The highest BCUT2D eigenvalue weighted by molar-refractivity contribution is 5.36. The third-order valence-electron chi connectivity index (χ3n) is 1.05. The molecule has 7 heteroatoms. The van der Waals surface area contributed by atoms with Crippen LogP contribution in [0.5, 0.6) is 11.5 Å². The maximum Gasteiger partial charge on any atom is 0.573 e. The van der Waals surface area contributed by atoms with E-state index in [9.17, 15) is 17.6 Å². The summed E-state index contributed by atoms with van der Waals surface area (Å²) in [5.74, 6) is -3.66. The van der Waals surface area contributed by atoms with Gasteiger partial charge in [0.2, 0.25) is 5.75 Å². The first-order chi connectivity index (χ1) is 5.90. The molecule has 0 saturated carbocycles. The summed E-state index contributed by atoms with van der Waals surface area (Å²) in [6.07, 6.45) is -3.90. The molecule has 13 heavy (non-hydrogen) atoms. The van der Waals surface area contributed by atoms with E-state index in [-0.39, 0.29) is 0 Å². The van der Waals surface area contributed by atoms with Gasteiger partial charge in [-0.2, -0.15) is 0 Å². The number of nitrogens with zero attached hydrogens (tertiary/aromatic N) is 1. The van der Waals surface area contributed by atoms with Crippen LogP contribution in [0.25, 0.3) is 0 Å². The van der Waals surface area contributed by atoms with Crippen LogP contribution in [0.3, 0.4) is 0 Å². The first kappa shape index (κ1) is 9.56. The second-order valence-electron chi connectivity index (χ2n) is 2.02.